The van der Waals surface area contributed by atoms with E-state index >= 15 is 0 Å². The second kappa shape index (κ2) is 5.02. The summed E-state index contributed by atoms with van der Waals surface area (Å²) in [5, 5.41) is 0. The second-order valence-electron chi connectivity index (χ2n) is 0.908. The third kappa shape index (κ3) is 44.0. The van der Waals surface area contributed by atoms with Gasteiger partial charge in [-0.2, -0.15) is 0 Å². The van der Waals surface area contributed by atoms with Crippen molar-refractivity contribution in [3.05, 3.63) is 0 Å². The van der Waals surface area contributed by atoms with Gasteiger partial charge in [0.15, 0.2) is 0 Å². The van der Waals surface area contributed by atoms with Gasteiger partial charge in [-0.05, 0) is 13.8 Å². The van der Waals surface area contributed by atoms with Crippen LogP contribution < -0.4 is 0 Å². The fourth-order valence-electron chi connectivity index (χ4n) is 0. The summed E-state index contributed by atoms with van der Waals surface area (Å²) in [5.41, 5.74) is 0. The van der Waals surface area contributed by atoms with Crippen molar-refractivity contribution >= 4 is 5.78 Å². The van der Waals surface area contributed by atoms with Gasteiger partial charge in [-0.1, -0.05) is 0 Å². The molecule has 0 N–H and O–H groups in total. The van der Waals surface area contributed by atoms with Crippen LogP contribution in [0.1, 0.15) is 13.8 Å². The van der Waals surface area contributed by atoms with Crippen LogP contribution >= 0.6 is 0 Å². The zero-order valence-corrected chi connectivity index (χ0v) is 6.62. The molecule has 0 spiro atoms. The van der Waals surface area contributed by atoms with Crippen molar-refractivity contribution in [1.29, 1.82) is 0 Å². The predicted molar refractivity (Wildman–Crippen MR) is 16.4 cm³/mol. The number of ketones is 1. The SMILES string of the molecule is CC(C)=O.[Nd]. The molecule has 0 aromatic heterocycles. The summed E-state index contributed by atoms with van der Waals surface area (Å²) < 4.78 is 0. The largest absolute Gasteiger partial charge is 0.300 e. The van der Waals surface area contributed by atoms with Gasteiger partial charge in [-0.15, -0.1) is 0 Å². The molecule has 0 bridgehead atoms. The molecule has 0 heterocycles. The van der Waals surface area contributed by atoms with Crippen LogP contribution in [-0.4, -0.2) is 5.78 Å². The van der Waals surface area contributed by atoms with Gasteiger partial charge in [0.2, 0.25) is 0 Å². The average molecular weight is 202 g/mol. The summed E-state index contributed by atoms with van der Waals surface area (Å²) in [6, 6.07) is 0. The normalized spacial score (nSPS) is 5.20. The zero-order chi connectivity index (χ0) is 3.58. The number of Topliss-reactive ketones (excluding diaryl/α,β-unsaturated/α-hetero) is 1. The Morgan fingerprint density at radius 2 is 1.40 bits per heavy atom. The van der Waals surface area contributed by atoms with E-state index in [0.29, 0.717) is 0 Å². The van der Waals surface area contributed by atoms with E-state index in [2.05, 4.69) is 0 Å². The standard InChI is InChI=1S/C3H6O.Nd/c1-3(2)4;/h1-2H3;. The minimum atomic E-state index is 0. The van der Waals surface area contributed by atoms with Crippen LogP contribution in [0.3, 0.4) is 0 Å². The van der Waals surface area contributed by atoms with E-state index in [1.54, 1.807) is 0 Å². The van der Waals surface area contributed by atoms with Crippen LogP contribution in [0.15, 0.2) is 0 Å². The van der Waals surface area contributed by atoms with Gasteiger partial charge in [0.1, 0.15) is 5.78 Å². The molecule has 0 rings (SSSR count). The van der Waals surface area contributed by atoms with E-state index in [0.717, 1.165) is 0 Å². The van der Waals surface area contributed by atoms with Crippen molar-refractivity contribution in [3.63, 3.8) is 0 Å². The summed E-state index contributed by atoms with van der Waals surface area (Å²) >= 11 is 0. The van der Waals surface area contributed by atoms with Gasteiger partial charge in [0, 0.05) is 40.8 Å². The van der Waals surface area contributed by atoms with E-state index < -0.39 is 0 Å². The van der Waals surface area contributed by atoms with Crippen molar-refractivity contribution in [1.82, 2.24) is 0 Å². The number of carbonyl (C=O) groups excluding carboxylic acids is 1. The molecule has 0 radical (unpaired) electrons. The van der Waals surface area contributed by atoms with Crippen LogP contribution in [0.4, 0.5) is 0 Å². The Labute approximate surface area is 64.7 Å². The number of hydrogen-bond donors (Lipinski definition) is 0. The van der Waals surface area contributed by atoms with Gasteiger partial charge >= 0.3 is 0 Å². The van der Waals surface area contributed by atoms with E-state index in [1.165, 1.54) is 13.8 Å². The molecule has 5 heavy (non-hydrogen) atoms. The molecular formula is C3H6NdO. The summed E-state index contributed by atoms with van der Waals surface area (Å²) in [6.45, 7) is 3.06. The fourth-order valence-corrected chi connectivity index (χ4v) is 0. The Balaban J connectivity index is 0. The van der Waals surface area contributed by atoms with Gasteiger partial charge in [-0.25, -0.2) is 0 Å². The van der Waals surface area contributed by atoms with Crippen molar-refractivity contribution in [3.8, 4) is 0 Å². The monoisotopic (exact) mass is 200 g/mol. The Morgan fingerprint density at radius 3 is 1.40 bits per heavy atom. The molecule has 0 aromatic rings. The first-order chi connectivity index (χ1) is 1.73. The summed E-state index contributed by atoms with van der Waals surface area (Å²) in [4.78, 5) is 9.44. The molecule has 0 saturated heterocycles. The molecule has 0 aliphatic heterocycles. The molecule has 0 aliphatic carbocycles. The smallest absolute Gasteiger partial charge is 0.126 e. The molecule has 28 valence electrons. The second-order valence-corrected chi connectivity index (χ2v) is 0.908. The van der Waals surface area contributed by atoms with Crippen molar-refractivity contribution in [2.75, 3.05) is 0 Å². The van der Waals surface area contributed by atoms with Crippen molar-refractivity contribution in [2.45, 2.75) is 13.8 Å². The van der Waals surface area contributed by atoms with E-state index in [4.69, 9.17) is 0 Å². The third-order valence-electron chi connectivity index (χ3n) is 0. The fraction of sp³-hybridized carbons (Fsp3) is 0.667. The minimum Gasteiger partial charge on any atom is -0.300 e. The summed E-state index contributed by atoms with van der Waals surface area (Å²) in [6.07, 6.45) is 0. The summed E-state index contributed by atoms with van der Waals surface area (Å²) in [7, 11) is 0. The van der Waals surface area contributed by atoms with Crippen LogP contribution in [0.25, 0.3) is 0 Å². The van der Waals surface area contributed by atoms with Crippen molar-refractivity contribution < 1.29 is 45.6 Å². The third-order valence-corrected chi connectivity index (χ3v) is 0. The van der Waals surface area contributed by atoms with Crippen LogP contribution in [-0.2, 0) is 4.79 Å². The molecular weight excluding hydrogens is 196 g/mol. The van der Waals surface area contributed by atoms with Gasteiger partial charge < -0.3 is 4.79 Å². The number of rotatable bonds is 0. The molecule has 0 amide bonds. The zero-order valence-electron chi connectivity index (χ0n) is 3.41. The molecule has 0 unspecified atom stereocenters. The Morgan fingerprint density at radius 1 is 1.40 bits per heavy atom. The quantitative estimate of drug-likeness (QED) is 0.562. The summed E-state index contributed by atoms with van der Waals surface area (Å²) in [5.74, 6) is 0.167. The van der Waals surface area contributed by atoms with Crippen LogP contribution in [0.2, 0.25) is 0 Å². The maximum atomic E-state index is 9.44. The van der Waals surface area contributed by atoms with E-state index in [1.807, 2.05) is 0 Å². The molecule has 0 aliphatic rings. The maximum absolute atomic E-state index is 9.44. The average Bonchev–Trinajstić information content (AvgIpc) is 0.811. The van der Waals surface area contributed by atoms with Gasteiger partial charge in [-0.3, -0.25) is 0 Å². The van der Waals surface area contributed by atoms with Crippen LogP contribution in [0, 0.1) is 40.8 Å². The maximum Gasteiger partial charge on any atom is 0.126 e. The molecule has 0 fully saturated rings. The Hall–Kier alpha value is 1.02. The first-order valence-electron chi connectivity index (χ1n) is 1.20. The first kappa shape index (κ1) is 9.39. The molecule has 0 aromatic carbocycles. The van der Waals surface area contributed by atoms with Crippen molar-refractivity contribution in [2.24, 2.45) is 0 Å². The topological polar surface area (TPSA) is 17.1 Å². The Kier molecular flexibility index (Phi) is 9.43. The molecule has 1 nitrogen and oxygen atoms in total. The predicted octanol–water partition coefficient (Wildman–Crippen LogP) is 0.595. The van der Waals surface area contributed by atoms with E-state index in [9.17, 15) is 4.79 Å². The number of carbonyl (C=O) groups is 1. The molecule has 0 saturated carbocycles. The van der Waals surface area contributed by atoms with E-state index in [-0.39, 0.29) is 46.6 Å². The van der Waals surface area contributed by atoms with Gasteiger partial charge in [0.25, 0.3) is 0 Å². The Bertz CT molecular complexity index is 29.9. The molecule has 0 atom stereocenters. The van der Waals surface area contributed by atoms with Crippen LogP contribution in [0.5, 0.6) is 0 Å². The molecule has 2 heteroatoms. The first-order valence-corrected chi connectivity index (χ1v) is 1.20. The minimum absolute atomic E-state index is 0. The number of hydrogen-bond acceptors (Lipinski definition) is 1. The van der Waals surface area contributed by atoms with Gasteiger partial charge in [0.05, 0.1) is 0 Å².